The Morgan fingerprint density at radius 1 is 1.24 bits per heavy atom. The molecule has 1 aromatic rings. The Balaban J connectivity index is 2.41. The second-order valence-electron chi connectivity index (χ2n) is 3.80. The molecule has 0 atom stereocenters. The molecule has 17 heavy (non-hydrogen) atoms. The molecule has 0 aliphatic heterocycles. The first-order chi connectivity index (χ1) is 8.13. The zero-order chi connectivity index (χ0) is 12.7. The Hall–Kier alpha value is -1.26. The van der Waals surface area contributed by atoms with Gasteiger partial charge in [0.25, 0.3) is 0 Å². The second-order valence-corrected chi connectivity index (χ2v) is 3.80. The van der Waals surface area contributed by atoms with E-state index in [9.17, 15) is 9.18 Å². The minimum absolute atomic E-state index is 0.106. The predicted molar refractivity (Wildman–Crippen MR) is 62.8 cm³/mol. The molecular weight excluding hydrogens is 223 g/mol. The van der Waals surface area contributed by atoms with Crippen LogP contribution in [-0.4, -0.2) is 32.7 Å². The minimum atomic E-state index is -0.381. The summed E-state index contributed by atoms with van der Waals surface area (Å²) in [6.45, 7) is 3.06. The third kappa shape index (κ3) is 5.06. The fourth-order valence-electron chi connectivity index (χ4n) is 1.45. The van der Waals surface area contributed by atoms with Gasteiger partial charge in [-0.2, -0.15) is 0 Å². The van der Waals surface area contributed by atoms with Gasteiger partial charge in [-0.1, -0.05) is 0 Å². The Kier molecular flexibility index (Phi) is 5.80. The molecule has 3 nitrogen and oxygen atoms in total. The van der Waals surface area contributed by atoms with E-state index in [-0.39, 0.29) is 18.0 Å². The van der Waals surface area contributed by atoms with E-state index < -0.39 is 0 Å². The fourth-order valence-corrected chi connectivity index (χ4v) is 1.45. The first-order valence-electron chi connectivity index (χ1n) is 5.50. The molecule has 0 saturated carbocycles. The molecule has 0 unspecified atom stereocenters. The van der Waals surface area contributed by atoms with Gasteiger partial charge < -0.3 is 9.47 Å². The molecule has 0 N–H and O–H groups in total. The number of rotatable bonds is 7. The molecule has 0 heterocycles. The number of ether oxygens (including phenoxy) is 2. The largest absolute Gasteiger partial charge is 0.382 e. The van der Waals surface area contributed by atoms with E-state index in [2.05, 4.69) is 0 Å². The first kappa shape index (κ1) is 13.8. The van der Waals surface area contributed by atoms with Crippen LogP contribution in [-0.2, 0) is 9.47 Å². The lowest BCUT2D eigenvalue weighted by molar-refractivity contribution is 0.0641. The standard InChI is InChI=1S/C13H17FO3/c1-10-7-11(9-12(14)8-10)13(15)3-4-17-6-5-16-2/h7-9H,3-6H2,1-2H3. The normalized spacial score (nSPS) is 10.5. The fraction of sp³-hybridized carbons (Fsp3) is 0.462. The van der Waals surface area contributed by atoms with Gasteiger partial charge in [-0.25, -0.2) is 4.39 Å². The van der Waals surface area contributed by atoms with Gasteiger partial charge in [0.15, 0.2) is 5.78 Å². The third-order valence-corrected chi connectivity index (χ3v) is 2.27. The maximum absolute atomic E-state index is 13.1. The van der Waals surface area contributed by atoms with Gasteiger partial charge in [-0.3, -0.25) is 4.79 Å². The van der Waals surface area contributed by atoms with Crippen LogP contribution in [0, 0.1) is 12.7 Å². The lowest BCUT2D eigenvalue weighted by atomic mass is 10.1. The van der Waals surface area contributed by atoms with Gasteiger partial charge in [-0.15, -0.1) is 0 Å². The summed E-state index contributed by atoms with van der Waals surface area (Å²) >= 11 is 0. The van der Waals surface area contributed by atoms with E-state index in [1.807, 2.05) is 0 Å². The predicted octanol–water partition coefficient (Wildman–Crippen LogP) is 2.37. The van der Waals surface area contributed by atoms with Crippen LogP contribution < -0.4 is 0 Å². The number of ketones is 1. The van der Waals surface area contributed by atoms with Crippen molar-refractivity contribution < 1.29 is 18.7 Å². The maximum atomic E-state index is 13.1. The lowest BCUT2D eigenvalue weighted by Gasteiger charge is -2.04. The minimum Gasteiger partial charge on any atom is -0.382 e. The summed E-state index contributed by atoms with van der Waals surface area (Å²) in [5, 5.41) is 0. The molecule has 1 aromatic carbocycles. The molecule has 0 aliphatic rings. The lowest BCUT2D eigenvalue weighted by Crippen LogP contribution is -2.08. The molecule has 0 amide bonds. The molecule has 4 heteroatoms. The number of aryl methyl sites for hydroxylation is 1. The van der Waals surface area contributed by atoms with Crippen molar-refractivity contribution in [2.45, 2.75) is 13.3 Å². The molecule has 0 radical (unpaired) electrons. The van der Waals surface area contributed by atoms with Gasteiger partial charge >= 0.3 is 0 Å². The van der Waals surface area contributed by atoms with Crippen molar-refractivity contribution in [3.63, 3.8) is 0 Å². The summed E-state index contributed by atoms with van der Waals surface area (Å²) in [4.78, 5) is 11.7. The quantitative estimate of drug-likeness (QED) is 0.542. The molecule has 94 valence electrons. The zero-order valence-corrected chi connectivity index (χ0v) is 10.2. The molecule has 0 aliphatic carbocycles. The van der Waals surface area contributed by atoms with Crippen LogP contribution in [0.25, 0.3) is 0 Å². The molecule has 0 spiro atoms. The summed E-state index contributed by atoms with van der Waals surface area (Å²) < 4.78 is 23.1. The van der Waals surface area contributed by atoms with Gasteiger partial charge in [0.05, 0.1) is 19.8 Å². The average molecular weight is 240 g/mol. The SMILES string of the molecule is COCCOCCC(=O)c1cc(C)cc(F)c1. The van der Waals surface area contributed by atoms with E-state index in [0.717, 1.165) is 5.56 Å². The highest BCUT2D eigenvalue weighted by molar-refractivity contribution is 5.96. The van der Waals surface area contributed by atoms with Crippen molar-refractivity contribution in [2.75, 3.05) is 26.9 Å². The Bertz CT molecular complexity index is 357. The number of methoxy groups -OCH3 is 1. The highest BCUT2D eigenvalue weighted by Crippen LogP contribution is 2.10. The number of hydrogen-bond acceptors (Lipinski definition) is 3. The van der Waals surface area contributed by atoms with Crippen LogP contribution in [0.3, 0.4) is 0 Å². The molecule has 0 saturated heterocycles. The topological polar surface area (TPSA) is 35.5 Å². The van der Waals surface area contributed by atoms with Crippen LogP contribution in [0.1, 0.15) is 22.3 Å². The van der Waals surface area contributed by atoms with Crippen molar-refractivity contribution in [1.82, 2.24) is 0 Å². The number of carbonyl (C=O) groups is 1. The van der Waals surface area contributed by atoms with E-state index in [1.54, 1.807) is 20.1 Å². The molecule has 0 bridgehead atoms. The monoisotopic (exact) mass is 240 g/mol. The smallest absolute Gasteiger partial charge is 0.165 e. The van der Waals surface area contributed by atoms with E-state index >= 15 is 0 Å². The highest BCUT2D eigenvalue weighted by Gasteiger charge is 2.07. The van der Waals surface area contributed by atoms with Crippen LogP contribution in [0.2, 0.25) is 0 Å². The number of carbonyl (C=O) groups excluding carboxylic acids is 1. The summed E-state index contributed by atoms with van der Waals surface area (Å²) in [7, 11) is 1.59. The summed E-state index contributed by atoms with van der Waals surface area (Å²) in [5.74, 6) is -0.487. The van der Waals surface area contributed by atoms with Crippen molar-refractivity contribution >= 4 is 5.78 Å². The summed E-state index contributed by atoms with van der Waals surface area (Å²) in [5.41, 5.74) is 1.14. The molecular formula is C13H17FO3. The summed E-state index contributed by atoms with van der Waals surface area (Å²) in [6.07, 6.45) is 0.257. The summed E-state index contributed by atoms with van der Waals surface area (Å²) in [6, 6.07) is 4.33. The van der Waals surface area contributed by atoms with Gasteiger partial charge in [0.2, 0.25) is 0 Å². The van der Waals surface area contributed by atoms with E-state index in [4.69, 9.17) is 9.47 Å². The van der Waals surface area contributed by atoms with Crippen LogP contribution in [0.15, 0.2) is 18.2 Å². The van der Waals surface area contributed by atoms with Crippen molar-refractivity contribution in [3.05, 3.63) is 35.1 Å². The van der Waals surface area contributed by atoms with Crippen LogP contribution in [0.5, 0.6) is 0 Å². The van der Waals surface area contributed by atoms with E-state index in [0.29, 0.717) is 25.4 Å². The molecule has 0 fully saturated rings. The number of halogens is 1. The highest BCUT2D eigenvalue weighted by atomic mass is 19.1. The van der Waals surface area contributed by atoms with Gasteiger partial charge in [-0.05, 0) is 30.7 Å². The van der Waals surface area contributed by atoms with Crippen LogP contribution >= 0.6 is 0 Å². The molecule has 1 rings (SSSR count). The average Bonchev–Trinajstić information content (AvgIpc) is 2.27. The zero-order valence-electron chi connectivity index (χ0n) is 10.2. The van der Waals surface area contributed by atoms with Crippen molar-refractivity contribution in [3.8, 4) is 0 Å². The maximum Gasteiger partial charge on any atom is 0.165 e. The third-order valence-electron chi connectivity index (χ3n) is 2.27. The Morgan fingerprint density at radius 2 is 2.00 bits per heavy atom. The van der Waals surface area contributed by atoms with E-state index in [1.165, 1.54) is 12.1 Å². The first-order valence-corrected chi connectivity index (χ1v) is 5.50. The number of hydrogen-bond donors (Lipinski definition) is 0. The number of Topliss-reactive ketones (excluding diaryl/α,β-unsaturated/α-hetero) is 1. The van der Waals surface area contributed by atoms with Crippen LogP contribution in [0.4, 0.5) is 4.39 Å². The Morgan fingerprint density at radius 3 is 2.65 bits per heavy atom. The second kappa shape index (κ2) is 7.14. The van der Waals surface area contributed by atoms with Crippen molar-refractivity contribution in [2.24, 2.45) is 0 Å². The Labute approximate surface area is 101 Å². The number of benzene rings is 1. The molecule has 0 aromatic heterocycles. The van der Waals surface area contributed by atoms with Gasteiger partial charge in [0.1, 0.15) is 5.82 Å². The van der Waals surface area contributed by atoms with Crippen molar-refractivity contribution in [1.29, 1.82) is 0 Å². The van der Waals surface area contributed by atoms with Gasteiger partial charge in [0, 0.05) is 19.1 Å².